The number of rotatable bonds is 8. The van der Waals surface area contributed by atoms with Crippen LogP contribution in [0, 0.1) is 5.41 Å². The van der Waals surface area contributed by atoms with E-state index in [-0.39, 0.29) is 5.41 Å². The van der Waals surface area contributed by atoms with Crippen LogP contribution in [0.25, 0.3) is 55.9 Å². The third-order valence-electron chi connectivity index (χ3n) is 10.9. The van der Waals surface area contributed by atoms with E-state index in [9.17, 15) is 0 Å². The zero-order valence-electron chi connectivity index (χ0n) is 30.8. The van der Waals surface area contributed by atoms with Gasteiger partial charge in [0.2, 0.25) is 0 Å². The van der Waals surface area contributed by atoms with Crippen molar-refractivity contribution in [3.63, 3.8) is 0 Å². The highest BCUT2D eigenvalue weighted by Gasteiger charge is 2.30. The molecule has 0 spiro atoms. The molecule has 0 saturated heterocycles. The number of benzene rings is 5. The summed E-state index contributed by atoms with van der Waals surface area (Å²) < 4.78 is 0. The fourth-order valence-electron chi connectivity index (χ4n) is 7.74. The van der Waals surface area contributed by atoms with Crippen LogP contribution in [0.2, 0.25) is 0 Å². The van der Waals surface area contributed by atoms with Gasteiger partial charge in [0.25, 0.3) is 0 Å². The molecule has 1 heterocycles. The second-order valence-electron chi connectivity index (χ2n) is 14.7. The van der Waals surface area contributed by atoms with Crippen molar-refractivity contribution < 1.29 is 0 Å². The summed E-state index contributed by atoms with van der Waals surface area (Å²) in [5.41, 5.74) is 14.8. The lowest BCUT2D eigenvalue weighted by Gasteiger charge is -2.30. The largest absolute Gasteiger partial charge is 0.264 e. The predicted octanol–water partition coefficient (Wildman–Crippen LogP) is 13.7. The van der Waals surface area contributed by atoms with Crippen LogP contribution in [0.5, 0.6) is 0 Å². The summed E-state index contributed by atoms with van der Waals surface area (Å²) in [4.78, 5) is 9.64. The topological polar surface area (TPSA) is 25.2 Å². The number of fused-ring (bicyclic) bond motifs is 3. The smallest absolute Gasteiger partial charge is 0.0633 e. The first-order valence-corrected chi connectivity index (χ1v) is 18.6. The fraction of sp³-hybridized carbons (Fsp3) is 0.137. The van der Waals surface area contributed by atoms with Crippen LogP contribution in [0.15, 0.2) is 176 Å². The molecule has 0 radical (unpaired) electrons. The predicted molar refractivity (Wildman–Crippen MR) is 228 cm³/mol. The zero-order chi connectivity index (χ0) is 36.4. The van der Waals surface area contributed by atoms with Crippen molar-refractivity contribution in [3.8, 4) is 22.3 Å². The second-order valence-corrected chi connectivity index (χ2v) is 14.7. The second kappa shape index (κ2) is 14.5. The summed E-state index contributed by atoms with van der Waals surface area (Å²) in [5.74, 6) is 0.483. The number of nitrogens with zero attached hydrogens (tertiary/aromatic N) is 2. The molecule has 258 valence electrons. The normalized spacial score (nSPS) is 18.5. The highest BCUT2D eigenvalue weighted by molar-refractivity contribution is 6.08. The molecule has 2 heteroatoms. The Bertz CT molecular complexity index is 2460. The maximum Gasteiger partial charge on any atom is 0.0633 e. The molecule has 0 N–H and O–H groups in total. The van der Waals surface area contributed by atoms with Gasteiger partial charge in [-0.15, -0.1) is 0 Å². The Labute approximate surface area is 314 Å². The average Bonchev–Trinajstić information content (AvgIpc) is 3.21. The number of aromatic nitrogens is 1. The summed E-state index contributed by atoms with van der Waals surface area (Å²) in [6.45, 7) is 11.3. The molecular weight excluding hydrogens is 641 g/mol. The Morgan fingerprint density at radius 3 is 2.19 bits per heavy atom. The van der Waals surface area contributed by atoms with Gasteiger partial charge >= 0.3 is 0 Å². The standard InChI is InChI=1S/C51H44N2/c1-35-12-10-18-47-48(33-44-15-8-9-17-46(44)50(35)47)43-27-29-51(4,30-28-43)49(32-36(2)38-19-23-42(24-20-38)45-16-11-31-52-34-45)53-37(3)39-21-25-41(26-22-39)40-13-6-5-7-14-40/h5-11,13-29,31-35H,3,12,30H2,1-2,4H3/b36-32+,53-49?. The van der Waals surface area contributed by atoms with Gasteiger partial charge in [0.1, 0.15) is 0 Å². The third-order valence-corrected chi connectivity index (χ3v) is 10.9. The van der Waals surface area contributed by atoms with E-state index in [1.807, 2.05) is 24.5 Å². The van der Waals surface area contributed by atoms with Crippen LogP contribution in [0.4, 0.5) is 0 Å². The van der Waals surface area contributed by atoms with Gasteiger partial charge in [0, 0.05) is 17.8 Å². The lowest BCUT2D eigenvalue weighted by molar-refractivity contribution is 0.606. The Hall–Kier alpha value is -6.12. The first kappa shape index (κ1) is 34.0. The van der Waals surface area contributed by atoms with Crippen molar-refractivity contribution >= 4 is 39.4 Å². The van der Waals surface area contributed by atoms with E-state index in [2.05, 4.69) is 178 Å². The number of allylic oxidation sites excluding steroid dienone is 7. The SMILES string of the molecule is C=C(N=C(/C=C(\C)c1ccc(-c2cccnc2)cc1)C1(C)C=CC(c2cc3ccccc3c3c2C=CCC3C)=CC1)c1ccc(-c2ccccc2)cc1. The Morgan fingerprint density at radius 2 is 1.47 bits per heavy atom. The van der Waals surface area contributed by atoms with Crippen molar-refractivity contribution in [2.24, 2.45) is 10.4 Å². The molecule has 0 fully saturated rings. The van der Waals surface area contributed by atoms with Gasteiger partial charge in [0.15, 0.2) is 0 Å². The van der Waals surface area contributed by atoms with Gasteiger partial charge in [-0.25, -0.2) is 0 Å². The molecule has 5 aromatic carbocycles. The van der Waals surface area contributed by atoms with E-state index in [0.29, 0.717) is 5.92 Å². The molecule has 2 unspecified atom stereocenters. The van der Waals surface area contributed by atoms with E-state index >= 15 is 0 Å². The van der Waals surface area contributed by atoms with Gasteiger partial charge < -0.3 is 0 Å². The van der Waals surface area contributed by atoms with Gasteiger partial charge in [0.05, 0.1) is 11.4 Å². The maximum atomic E-state index is 5.34. The lowest BCUT2D eigenvalue weighted by atomic mass is 9.74. The summed E-state index contributed by atoms with van der Waals surface area (Å²) in [7, 11) is 0. The zero-order valence-corrected chi connectivity index (χ0v) is 30.8. The van der Waals surface area contributed by atoms with E-state index < -0.39 is 0 Å². The molecule has 0 saturated carbocycles. The van der Waals surface area contributed by atoms with Gasteiger partial charge in [-0.3, -0.25) is 9.98 Å². The van der Waals surface area contributed by atoms with Crippen LogP contribution < -0.4 is 0 Å². The van der Waals surface area contributed by atoms with Gasteiger partial charge in [-0.05, 0) is 116 Å². The van der Waals surface area contributed by atoms with E-state index in [1.165, 1.54) is 44.2 Å². The Kier molecular flexibility index (Phi) is 9.29. The molecule has 6 aromatic rings. The molecule has 53 heavy (non-hydrogen) atoms. The highest BCUT2D eigenvalue weighted by atomic mass is 14.8. The summed E-state index contributed by atoms with van der Waals surface area (Å²) in [6.07, 6.45) is 19.6. The lowest BCUT2D eigenvalue weighted by Crippen LogP contribution is -2.25. The van der Waals surface area contributed by atoms with Crippen molar-refractivity contribution in [3.05, 3.63) is 198 Å². The highest BCUT2D eigenvalue weighted by Crippen LogP contribution is 2.43. The molecule has 0 bridgehead atoms. The average molecular weight is 685 g/mol. The van der Waals surface area contributed by atoms with Crippen molar-refractivity contribution in [2.45, 2.75) is 39.5 Å². The first-order valence-electron chi connectivity index (χ1n) is 18.6. The van der Waals surface area contributed by atoms with E-state index in [4.69, 9.17) is 4.99 Å². The third kappa shape index (κ3) is 6.93. The minimum atomic E-state index is -0.340. The summed E-state index contributed by atoms with van der Waals surface area (Å²) in [5, 5.41) is 2.67. The molecular formula is C51H44N2. The number of hydrogen-bond acceptors (Lipinski definition) is 2. The molecule has 2 nitrogen and oxygen atoms in total. The molecule has 2 aliphatic carbocycles. The van der Waals surface area contributed by atoms with Crippen molar-refractivity contribution in [2.75, 3.05) is 0 Å². The van der Waals surface area contributed by atoms with Crippen molar-refractivity contribution in [1.29, 1.82) is 0 Å². The molecule has 0 amide bonds. The van der Waals surface area contributed by atoms with E-state index in [1.54, 1.807) is 0 Å². The van der Waals surface area contributed by atoms with Crippen LogP contribution in [0.3, 0.4) is 0 Å². The van der Waals surface area contributed by atoms with Crippen LogP contribution in [0.1, 0.15) is 67.3 Å². The maximum absolute atomic E-state index is 5.34. The van der Waals surface area contributed by atoms with Gasteiger partial charge in [-0.1, -0.05) is 160 Å². The number of hydrogen-bond donors (Lipinski definition) is 0. The quantitative estimate of drug-likeness (QED) is 0.147. The monoisotopic (exact) mass is 684 g/mol. The minimum absolute atomic E-state index is 0.340. The van der Waals surface area contributed by atoms with Crippen molar-refractivity contribution in [1.82, 2.24) is 4.98 Å². The fourth-order valence-corrected chi connectivity index (χ4v) is 7.74. The molecule has 2 atom stereocenters. The minimum Gasteiger partial charge on any atom is -0.264 e. The van der Waals surface area contributed by atoms with Crippen LogP contribution in [-0.4, -0.2) is 10.7 Å². The van der Waals surface area contributed by atoms with Crippen LogP contribution in [-0.2, 0) is 0 Å². The number of aliphatic imine (C=N–C) groups is 1. The van der Waals surface area contributed by atoms with Gasteiger partial charge in [-0.2, -0.15) is 0 Å². The Morgan fingerprint density at radius 1 is 0.792 bits per heavy atom. The van der Waals surface area contributed by atoms with E-state index in [0.717, 1.165) is 52.1 Å². The molecule has 0 aliphatic heterocycles. The Balaban J connectivity index is 1.15. The molecule has 8 rings (SSSR count). The molecule has 1 aromatic heterocycles. The molecule has 2 aliphatic rings. The summed E-state index contributed by atoms with van der Waals surface area (Å²) in [6, 6.07) is 43.1. The summed E-state index contributed by atoms with van der Waals surface area (Å²) >= 11 is 0. The van der Waals surface area contributed by atoms with Crippen LogP contribution >= 0.6 is 0 Å². The first-order chi connectivity index (χ1) is 25.9. The number of pyridine rings is 1.